The van der Waals surface area contributed by atoms with Crippen LogP contribution in [0.3, 0.4) is 0 Å². The van der Waals surface area contributed by atoms with E-state index in [4.69, 9.17) is 4.74 Å². The number of methoxy groups -OCH3 is 1. The van der Waals surface area contributed by atoms with E-state index >= 15 is 0 Å². The molecular weight excluding hydrogens is 412 g/mol. The van der Waals surface area contributed by atoms with Crippen molar-refractivity contribution in [2.45, 2.75) is 38.0 Å². The Hall–Kier alpha value is -2.49. The minimum Gasteiger partial charge on any atom is -0.507 e. The summed E-state index contributed by atoms with van der Waals surface area (Å²) in [7, 11) is 6.10. The molecule has 4 heterocycles. The molecule has 2 saturated heterocycles. The molecule has 1 aliphatic carbocycles. The van der Waals surface area contributed by atoms with Gasteiger partial charge in [-0.05, 0) is 37.6 Å². The lowest BCUT2D eigenvalue weighted by atomic mass is 9.63. The highest BCUT2D eigenvalue weighted by molar-refractivity contribution is 7.18. The fraction of sp³-hybridized carbons (Fsp3) is 0.500. The average Bonchev–Trinajstić information content (AvgIpc) is 3.44. The van der Waals surface area contributed by atoms with Gasteiger partial charge in [0.2, 0.25) is 5.13 Å². The third-order valence-electron chi connectivity index (χ3n) is 7.06. The molecule has 3 aliphatic rings. The first kappa shape index (κ1) is 20.4. The highest BCUT2D eigenvalue weighted by Gasteiger charge is 2.55. The Kier molecular flexibility index (Phi) is 4.99. The lowest BCUT2D eigenvalue weighted by molar-refractivity contribution is -0.117. The second-order valence-corrected chi connectivity index (χ2v) is 10.00. The minimum atomic E-state index is 0.123. The summed E-state index contributed by atoms with van der Waals surface area (Å²) in [5.41, 5.74) is 2.63. The Bertz CT molecular complexity index is 1070. The molecule has 3 fully saturated rings. The average molecular weight is 441 g/mol. The fourth-order valence-electron chi connectivity index (χ4n) is 5.59. The summed E-state index contributed by atoms with van der Waals surface area (Å²) in [6, 6.07) is 6.24. The van der Waals surface area contributed by atoms with Crippen LogP contribution in [0.1, 0.15) is 19.8 Å². The van der Waals surface area contributed by atoms with Crippen LogP contribution in [0.15, 0.2) is 30.6 Å². The number of anilines is 1. The van der Waals surface area contributed by atoms with E-state index in [1.54, 1.807) is 18.5 Å². The van der Waals surface area contributed by atoms with Gasteiger partial charge in [0.1, 0.15) is 5.75 Å². The van der Waals surface area contributed by atoms with Crippen molar-refractivity contribution in [3.8, 4) is 27.4 Å². The van der Waals surface area contributed by atoms with E-state index in [1.165, 1.54) is 17.8 Å². The number of H-pyrrole nitrogens is 1. The second kappa shape index (κ2) is 7.58. The van der Waals surface area contributed by atoms with Crippen LogP contribution in [-0.4, -0.2) is 76.3 Å². The number of likely N-dealkylation sites (N-methyl/N-ethyl adjacent to an activating group) is 2. The smallest absolute Gasteiger partial charge is 0.208 e. The molecule has 2 unspecified atom stereocenters. The molecule has 0 amide bonds. The second-order valence-electron chi connectivity index (χ2n) is 9.04. The van der Waals surface area contributed by atoms with Crippen LogP contribution in [-0.2, 0) is 4.74 Å². The number of rotatable bonds is 5. The van der Waals surface area contributed by atoms with Gasteiger partial charge in [0.05, 0.1) is 23.9 Å². The van der Waals surface area contributed by atoms with Crippen LogP contribution in [0, 0.1) is 5.41 Å². The number of hydrogen-bond donors (Lipinski definition) is 2. The highest BCUT2D eigenvalue weighted by Crippen LogP contribution is 2.48. The van der Waals surface area contributed by atoms with Gasteiger partial charge in [-0.3, -0.25) is 5.10 Å². The summed E-state index contributed by atoms with van der Waals surface area (Å²) >= 11 is 1.50. The molecule has 164 valence electrons. The zero-order valence-corrected chi connectivity index (χ0v) is 19.1. The summed E-state index contributed by atoms with van der Waals surface area (Å²) in [4.78, 5) is 4.68. The van der Waals surface area contributed by atoms with E-state index in [1.807, 2.05) is 19.2 Å². The molecule has 2 aliphatic heterocycles. The van der Waals surface area contributed by atoms with Gasteiger partial charge in [-0.2, -0.15) is 5.10 Å². The molecule has 3 aromatic rings. The number of aromatic amines is 1. The van der Waals surface area contributed by atoms with Crippen LogP contribution < -0.4 is 4.90 Å². The first-order chi connectivity index (χ1) is 14.9. The number of phenols is 1. The number of phenolic OH excluding ortho intramolecular Hbond substituents is 1. The van der Waals surface area contributed by atoms with Crippen molar-refractivity contribution >= 4 is 16.5 Å². The van der Waals surface area contributed by atoms with Gasteiger partial charge in [0.25, 0.3) is 0 Å². The summed E-state index contributed by atoms with van der Waals surface area (Å²) in [6.45, 7) is 3.41. The Morgan fingerprint density at radius 1 is 1.32 bits per heavy atom. The standard InChI is InChI=1S/C22H28N6O2S/c1-22-8-7-16(27(2)12-22)18(30-4)19(22)28(3)21-26-25-20(31-21)15-6-5-13(9-17(15)29)14-10-23-24-11-14/h5-6,9-11,16,18-19,29H,7-8,12H2,1-4H3,(H,23,24)/t16?,18?,19-,22+/m1/s1. The maximum absolute atomic E-state index is 10.6. The molecule has 2 aromatic heterocycles. The summed E-state index contributed by atoms with van der Waals surface area (Å²) in [5.74, 6) is 0.184. The van der Waals surface area contributed by atoms with E-state index in [0.717, 1.165) is 29.2 Å². The largest absolute Gasteiger partial charge is 0.507 e. The number of piperidine rings is 2. The number of hydrogen-bond acceptors (Lipinski definition) is 8. The predicted molar refractivity (Wildman–Crippen MR) is 121 cm³/mol. The third kappa shape index (κ3) is 3.31. The zero-order chi connectivity index (χ0) is 21.8. The molecule has 2 bridgehead atoms. The molecule has 1 saturated carbocycles. The van der Waals surface area contributed by atoms with Crippen molar-refractivity contribution in [2.24, 2.45) is 5.41 Å². The first-order valence-electron chi connectivity index (χ1n) is 10.5. The Labute approximate surface area is 185 Å². The van der Waals surface area contributed by atoms with Crippen molar-refractivity contribution in [1.29, 1.82) is 0 Å². The van der Waals surface area contributed by atoms with E-state index in [0.29, 0.717) is 16.6 Å². The van der Waals surface area contributed by atoms with E-state index in [9.17, 15) is 5.11 Å². The Balaban J connectivity index is 1.43. The van der Waals surface area contributed by atoms with Crippen LogP contribution in [0.2, 0.25) is 0 Å². The highest BCUT2D eigenvalue weighted by atomic mass is 32.1. The molecule has 0 spiro atoms. The van der Waals surface area contributed by atoms with Gasteiger partial charge in [0, 0.05) is 43.9 Å². The van der Waals surface area contributed by atoms with Crippen molar-refractivity contribution < 1.29 is 9.84 Å². The lowest BCUT2D eigenvalue weighted by Crippen LogP contribution is -2.70. The van der Waals surface area contributed by atoms with Crippen LogP contribution >= 0.6 is 11.3 Å². The Morgan fingerprint density at radius 3 is 2.84 bits per heavy atom. The summed E-state index contributed by atoms with van der Waals surface area (Å²) in [5, 5.41) is 27.8. The monoisotopic (exact) mass is 440 g/mol. The maximum atomic E-state index is 10.6. The molecule has 0 radical (unpaired) electrons. The fourth-order valence-corrected chi connectivity index (χ4v) is 6.46. The quantitative estimate of drug-likeness (QED) is 0.629. The molecular formula is C22H28N6O2S. The first-order valence-corrected chi connectivity index (χ1v) is 11.3. The number of aromatic hydroxyl groups is 1. The third-order valence-corrected chi connectivity index (χ3v) is 8.10. The molecule has 1 aromatic carbocycles. The molecule has 4 atom stereocenters. The topological polar surface area (TPSA) is 90.4 Å². The van der Waals surface area contributed by atoms with Crippen LogP contribution in [0.5, 0.6) is 5.75 Å². The number of benzene rings is 1. The zero-order valence-electron chi connectivity index (χ0n) is 18.2. The number of fused-ring (bicyclic) bond motifs is 3. The Morgan fingerprint density at radius 2 is 2.16 bits per heavy atom. The summed E-state index contributed by atoms with van der Waals surface area (Å²) in [6.07, 6.45) is 5.99. The van der Waals surface area contributed by atoms with Crippen molar-refractivity contribution in [3.05, 3.63) is 30.6 Å². The molecule has 6 rings (SSSR count). The number of ether oxygens (including phenoxy) is 1. The van der Waals surface area contributed by atoms with Gasteiger partial charge in [-0.15, -0.1) is 10.2 Å². The van der Waals surface area contributed by atoms with Crippen LogP contribution in [0.4, 0.5) is 5.13 Å². The van der Waals surface area contributed by atoms with E-state index in [-0.39, 0.29) is 23.3 Å². The van der Waals surface area contributed by atoms with Gasteiger partial charge < -0.3 is 19.6 Å². The normalized spacial score (nSPS) is 28.2. The van der Waals surface area contributed by atoms with E-state index < -0.39 is 0 Å². The maximum Gasteiger partial charge on any atom is 0.208 e. The van der Waals surface area contributed by atoms with Crippen molar-refractivity contribution in [1.82, 2.24) is 25.3 Å². The van der Waals surface area contributed by atoms with E-state index in [2.05, 4.69) is 51.2 Å². The number of nitrogens with one attached hydrogen (secondary N) is 1. The molecule has 2 N–H and O–H groups in total. The van der Waals surface area contributed by atoms with Crippen molar-refractivity contribution in [3.63, 3.8) is 0 Å². The van der Waals surface area contributed by atoms with Gasteiger partial charge >= 0.3 is 0 Å². The van der Waals surface area contributed by atoms with Crippen molar-refractivity contribution in [2.75, 3.05) is 32.6 Å². The number of aromatic nitrogens is 4. The molecule has 8 nitrogen and oxygen atoms in total. The van der Waals surface area contributed by atoms with Gasteiger partial charge in [0.15, 0.2) is 5.01 Å². The van der Waals surface area contributed by atoms with Gasteiger partial charge in [-0.25, -0.2) is 0 Å². The minimum absolute atomic E-state index is 0.123. The molecule has 31 heavy (non-hydrogen) atoms. The van der Waals surface area contributed by atoms with Gasteiger partial charge in [-0.1, -0.05) is 24.3 Å². The predicted octanol–water partition coefficient (Wildman–Crippen LogP) is 3.23. The number of nitrogens with zero attached hydrogens (tertiary/aromatic N) is 5. The SMILES string of the molecule is COC1C2CC[C@@](C)(CN2C)[C@@H]1N(C)c1nnc(-c2ccc(-c3cn[nH]c3)cc2O)s1. The molecule has 9 heteroatoms. The summed E-state index contributed by atoms with van der Waals surface area (Å²) < 4.78 is 6.00. The lowest BCUT2D eigenvalue weighted by Gasteiger charge is -2.60. The van der Waals surface area contributed by atoms with Crippen LogP contribution in [0.25, 0.3) is 21.7 Å².